The van der Waals surface area contributed by atoms with Crippen LogP contribution in [-0.2, 0) is 0 Å². The lowest BCUT2D eigenvalue weighted by molar-refractivity contribution is 0.252. The molecule has 0 spiro atoms. The highest BCUT2D eigenvalue weighted by atomic mass is 19.1. The molecule has 110 valence electrons. The number of urea groups is 1. The summed E-state index contributed by atoms with van der Waals surface area (Å²) >= 11 is 0. The van der Waals surface area contributed by atoms with Crippen molar-refractivity contribution in [3.63, 3.8) is 0 Å². The van der Waals surface area contributed by atoms with Gasteiger partial charge in [0.2, 0.25) is 0 Å². The van der Waals surface area contributed by atoms with Gasteiger partial charge in [0.15, 0.2) is 0 Å². The Hall–Kier alpha value is -2.70. The van der Waals surface area contributed by atoms with Gasteiger partial charge in [-0.2, -0.15) is 5.10 Å². The number of hydrogen-bond donors (Lipinski definition) is 3. The molecule has 0 saturated carbocycles. The van der Waals surface area contributed by atoms with Crippen molar-refractivity contribution in [3.8, 4) is 0 Å². The number of halogens is 1. The fourth-order valence-corrected chi connectivity index (χ4v) is 1.60. The summed E-state index contributed by atoms with van der Waals surface area (Å²) in [6, 6.07) is 8.98. The number of nitrogens with zero attached hydrogens (tertiary/aromatic N) is 2. The Morgan fingerprint density at radius 2 is 2.05 bits per heavy atom. The maximum absolute atomic E-state index is 12.9. The molecule has 0 bridgehead atoms. The molecular weight excluding hydrogens is 273 g/mol. The van der Waals surface area contributed by atoms with E-state index in [1.54, 1.807) is 6.07 Å². The first-order valence-electron chi connectivity index (χ1n) is 6.48. The quantitative estimate of drug-likeness (QED) is 0.737. The molecule has 0 aliphatic heterocycles. The summed E-state index contributed by atoms with van der Waals surface area (Å²) in [4.78, 5) is 11.6. The molecule has 2 aromatic rings. The molecular formula is C14H16FN5O. The first-order valence-corrected chi connectivity index (χ1v) is 6.48. The molecule has 21 heavy (non-hydrogen) atoms. The van der Waals surface area contributed by atoms with Crippen LogP contribution in [0.3, 0.4) is 0 Å². The SMILES string of the molecule is Cc1ccc(NCCNC(=O)Nc2cccc(F)c2)nn1. The van der Waals surface area contributed by atoms with Gasteiger partial charge in [0.1, 0.15) is 11.6 Å². The second-order valence-corrected chi connectivity index (χ2v) is 4.38. The average Bonchev–Trinajstić information content (AvgIpc) is 2.45. The summed E-state index contributed by atoms with van der Waals surface area (Å²) < 4.78 is 12.9. The Morgan fingerprint density at radius 1 is 1.19 bits per heavy atom. The minimum Gasteiger partial charge on any atom is -0.367 e. The van der Waals surface area contributed by atoms with Crippen molar-refractivity contribution in [2.75, 3.05) is 23.7 Å². The monoisotopic (exact) mass is 289 g/mol. The molecule has 1 aromatic carbocycles. The Kier molecular flexibility index (Phi) is 5.03. The molecule has 0 aliphatic carbocycles. The molecule has 0 saturated heterocycles. The average molecular weight is 289 g/mol. The third-order valence-corrected chi connectivity index (χ3v) is 2.60. The van der Waals surface area contributed by atoms with Gasteiger partial charge >= 0.3 is 6.03 Å². The van der Waals surface area contributed by atoms with Crippen LogP contribution in [0.15, 0.2) is 36.4 Å². The summed E-state index contributed by atoms with van der Waals surface area (Å²) in [6.45, 7) is 2.76. The van der Waals surface area contributed by atoms with Gasteiger partial charge in [0.05, 0.1) is 5.69 Å². The number of benzene rings is 1. The van der Waals surface area contributed by atoms with Gasteiger partial charge in [0.25, 0.3) is 0 Å². The number of aryl methyl sites for hydroxylation is 1. The van der Waals surface area contributed by atoms with Crippen molar-refractivity contribution in [1.82, 2.24) is 15.5 Å². The summed E-state index contributed by atoms with van der Waals surface area (Å²) in [5, 5.41) is 16.1. The van der Waals surface area contributed by atoms with Crippen LogP contribution in [0, 0.1) is 12.7 Å². The van der Waals surface area contributed by atoms with Gasteiger partial charge in [-0.1, -0.05) is 6.07 Å². The van der Waals surface area contributed by atoms with Crippen molar-refractivity contribution in [1.29, 1.82) is 0 Å². The van der Waals surface area contributed by atoms with Crippen molar-refractivity contribution < 1.29 is 9.18 Å². The molecule has 6 nitrogen and oxygen atoms in total. The Morgan fingerprint density at radius 3 is 2.76 bits per heavy atom. The maximum atomic E-state index is 12.9. The molecule has 0 fully saturated rings. The van der Waals surface area contributed by atoms with E-state index in [-0.39, 0.29) is 0 Å². The number of carbonyl (C=O) groups is 1. The van der Waals surface area contributed by atoms with E-state index in [2.05, 4.69) is 26.1 Å². The summed E-state index contributed by atoms with van der Waals surface area (Å²) in [5.74, 6) is 0.250. The fourth-order valence-electron chi connectivity index (χ4n) is 1.60. The zero-order valence-corrected chi connectivity index (χ0v) is 11.6. The van der Waals surface area contributed by atoms with Gasteiger partial charge in [-0.05, 0) is 37.3 Å². The fraction of sp³-hybridized carbons (Fsp3) is 0.214. The number of nitrogens with one attached hydrogen (secondary N) is 3. The molecule has 1 aromatic heterocycles. The predicted molar refractivity (Wildman–Crippen MR) is 78.7 cm³/mol. The summed E-state index contributed by atoms with van der Waals surface area (Å²) in [6.07, 6.45) is 0. The lowest BCUT2D eigenvalue weighted by Gasteiger charge is -2.08. The van der Waals surface area contributed by atoms with E-state index in [1.165, 1.54) is 18.2 Å². The highest BCUT2D eigenvalue weighted by molar-refractivity contribution is 5.89. The molecule has 0 radical (unpaired) electrons. The molecule has 1 heterocycles. The third-order valence-electron chi connectivity index (χ3n) is 2.60. The van der Waals surface area contributed by atoms with Gasteiger partial charge < -0.3 is 16.0 Å². The van der Waals surface area contributed by atoms with E-state index in [0.717, 1.165) is 5.69 Å². The zero-order chi connectivity index (χ0) is 15.1. The number of rotatable bonds is 5. The molecule has 2 rings (SSSR count). The number of hydrogen-bond acceptors (Lipinski definition) is 4. The van der Waals surface area contributed by atoms with Crippen LogP contribution in [0.5, 0.6) is 0 Å². The lowest BCUT2D eigenvalue weighted by atomic mass is 10.3. The highest BCUT2D eigenvalue weighted by Crippen LogP contribution is 2.08. The van der Waals surface area contributed by atoms with Crippen LogP contribution in [0.2, 0.25) is 0 Å². The molecule has 3 N–H and O–H groups in total. The zero-order valence-electron chi connectivity index (χ0n) is 11.6. The Bertz CT molecular complexity index is 603. The van der Waals surface area contributed by atoms with E-state index in [0.29, 0.717) is 24.6 Å². The molecule has 0 aliphatic rings. The lowest BCUT2D eigenvalue weighted by Crippen LogP contribution is -2.32. The van der Waals surface area contributed by atoms with Crippen molar-refractivity contribution >= 4 is 17.5 Å². The van der Waals surface area contributed by atoms with E-state index in [4.69, 9.17) is 0 Å². The highest BCUT2D eigenvalue weighted by Gasteiger charge is 2.01. The molecule has 0 atom stereocenters. The van der Waals surface area contributed by atoms with Gasteiger partial charge in [0, 0.05) is 18.8 Å². The van der Waals surface area contributed by atoms with Crippen LogP contribution < -0.4 is 16.0 Å². The number of aromatic nitrogens is 2. The minimum atomic E-state index is -0.396. The number of carbonyl (C=O) groups excluding carboxylic acids is 1. The van der Waals surface area contributed by atoms with Crippen LogP contribution in [-0.4, -0.2) is 29.3 Å². The number of anilines is 2. The maximum Gasteiger partial charge on any atom is 0.319 e. The second kappa shape index (κ2) is 7.18. The minimum absolute atomic E-state index is 0.391. The smallest absolute Gasteiger partial charge is 0.319 e. The van der Waals surface area contributed by atoms with Crippen molar-refractivity contribution in [2.45, 2.75) is 6.92 Å². The molecule has 7 heteroatoms. The standard InChI is InChI=1S/C14H16FN5O/c1-10-5-6-13(20-19-10)16-7-8-17-14(21)18-12-4-2-3-11(15)9-12/h2-6,9H,7-8H2,1H3,(H,16,20)(H2,17,18,21). The van der Waals surface area contributed by atoms with Crippen molar-refractivity contribution in [2.24, 2.45) is 0 Å². The van der Waals surface area contributed by atoms with Gasteiger partial charge in [-0.25, -0.2) is 9.18 Å². The normalized spacial score (nSPS) is 10.0. The Labute approximate surface area is 121 Å². The van der Waals surface area contributed by atoms with Crippen LogP contribution in [0.25, 0.3) is 0 Å². The first-order chi connectivity index (χ1) is 10.1. The predicted octanol–water partition coefficient (Wildman–Crippen LogP) is 2.16. The van der Waals surface area contributed by atoms with E-state index in [9.17, 15) is 9.18 Å². The molecule has 2 amide bonds. The van der Waals surface area contributed by atoms with Crippen LogP contribution >= 0.6 is 0 Å². The summed E-state index contributed by atoms with van der Waals surface area (Å²) in [7, 11) is 0. The third kappa shape index (κ3) is 5.06. The summed E-state index contributed by atoms with van der Waals surface area (Å²) in [5.41, 5.74) is 1.25. The second-order valence-electron chi connectivity index (χ2n) is 4.38. The van der Waals surface area contributed by atoms with E-state index < -0.39 is 11.8 Å². The first kappa shape index (κ1) is 14.7. The van der Waals surface area contributed by atoms with Gasteiger partial charge in [-0.15, -0.1) is 5.10 Å². The van der Waals surface area contributed by atoms with Crippen LogP contribution in [0.1, 0.15) is 5.69 Å². The van der Waals surface area contributed by atoms with E-state index >= 15 is 0 Å². The molecule has 0 unspecified atom stereocenters. The van der Waals surface area contributed by atoms with Crippen molar-refractivity contribution in [3.05, 3.63) is 47.9 Å². The van der Waals surface area contributed by atoms with E-state index in [1.807, 2.05) is 19.1 Å². The topological polar surface area (TPSA) is 78.9 Å². The van der Waals surface area contributed by atoms with Crippen LogP contribution in [0.4, 0.5) is 20.7 Å². The largest absolute Gasteiger partial charge is 0.367 e. The van der Waals surface area contributed by atoms with Gasteiger partial charge in [-0.3, -0.25) is 0 Å². The Balaban J connectivity index is 1.68. The number of amides is 2.